The third-order valence-corrected chi connectivity index (χ3v) is 5.12. The van der Waals surface area contributed by atoms with Gasteiger partial charge in [-0.3, -0.25) is 4.55 Å². The van der Waals surface area contributed by atoms with Crippen molar-refractivity contribution in [2.45, 2.75) is 58.4 Å². The summed E-state index contributed by atoms with van der Waals surface area (Å²) in [6, 6.07) is 0. The second-order valence-corrected chi connectivity index (χ2v) is 7.56. The molecule has 1 fully saturated rings. The van der Waals surface area contributed by atoms with Crippen molar-refractivity contribution in [3.63, 3.8) is 0 Å². The Morgan fingerprint density at radius 3 is 2.29 bits per heavy atom. The second kappa shape index (κ2) is 5.24. The molecule has 1 saturated carbocycles. The molecule has 0 aromatic carbocycles. The third-order valence-electron chi connectivity index (χ3n) is 4.32. The van der Waals surface area contributed by atoms with E-state index in [9.17, 15) is 8.42 Å². The first-order chi connectivity index (χ1) is 7.66. The average Bonchev–Trinajstić information content (AvgIpc) is 2.16. The van der Waals surface area contributed by atoms with E-state index in [0.717, 1.165) is 6.42 Å². The maximum absolute atomic E-state index is 10.6. The molecule has 1 aliphatic carbocycles. The van der Waals surface area contributed by atoms with Crippen LogP contribution in [0, 0.1) is 5.41 Å². The lowest BCUT2D eigenvalue weighted by Crippen LogP contribution is -2.55. The molecule has 2 N–H and O–H groups in total. The normalized spacial score (nSPS) is 29.2. The van der Waals surface area contributed by atoms with E-state index in [1.54, 1.807) is 0 Å². The summed E-state index contributed by atoms with van der Waals surface area (Å²) in [6.45, 7) is 7.39. The lowest BCUT2D eigenvalue weighted by molar-refractivity contribution is 0.0786. The maximum atomic E-state index is 10.6. The van der Waals surface area contributed by atoms with Gasteiger partial charge in [0.2, 0.25) is 0 Å². The second-order valence-electron chi connectivity index (χ2n) is 5.99. The quantitative estimate of drug-likeness (QED) is 0.589. The van der Waals surface area contributed by atoms with Crippen molar-refractivity contribution in [3.8, 4) is 0 Å². The zero-order valence-electron chi connectivity index (χ0n) is 11.1. The Balaban J connectivity index is 2.44. The summed E-state index contributed by atoms with van der Waals surface area (Å²) in [5.74, 6) is -0.156. The van der Waals surface area contributed by atoms with E-state index in [0.29, 0.717) is 13.0 Å². The fourth-order valence-corrected chi connectivity index (χ4v) is 3.12. The van der Waals surface area contributed by atoms with Gasteiger partial charge in [0.1, 0.15) is 0 Å². The molecule has 0 aromatic heterocycles. The molecule has 1 aliphatic rings. The molecule has 17 heavy (non-hydrogen) atoms. The topological polar surface area (TPSA) is 66.4 Å². The zero-order valence-corrected chi connectivity index (χ0v) is 11.9. The molecule has 1 unspecified atom stereocenters. The van der Waals surface area contributed by atoms with Gasteiger partial charge < -0.3 is 5.32 Å². The summed E-state index contributed by atoms with van der Waals surface area (Å²) in [7, 11) is -3.82. The largest absolute Gasteiger partial charge is 0.311 e. The molecule has 0 bridgehead atoms. The van der Waals surface area contributed by atoms with Gasteiger partial charge in [0, 0.05) is 5.54 Å². The molecule has 102 valence electrons. The Morgan fingerprint density at radius 2 is 1.76 bits per heavy atom. The minimum absolute atomic E-state index is 0.0739. The Labute approximate surface area is 105 Å². The van der Waals surface area contributed by atoms with Crippen LogP contribution in [0.2, 0.25) is 0 Å². The van der Waals surface area contributed by atoms with Gasteiger partial charge in [-0.2, -0.15) is 8.42 Å². The Morgan fingerprint density at radius 1 is 1.18 bits per heavy atom. The smallest absolute Gasteiger partial charge is 0.264 e. The van der Waals surface area contributed by atoms with Crippen molar-refractivity contribution in [1.82, 2.24) is 5.32 Å². The van der Waals surface area contributed by atoms with Crippen molar-refractivity contribution in [2.24, 2.45) is 5.41 Å². The van der Waals surface area contributed by atoms with Crippen LogP contribution in [0.25, 0.3) is 0 Å². The fourth-order valence-electron chi connectivity index (χ4n) is 2.61. The van der Waals surface area contributed by atoms with Crippen LogP contribution in [0.4, 0.5) is 0 Å². The van der Waals surface area contributed by atoms with Crippen molar-refractivity contribution < 1.29 is 13.0 Å². The van der Waals surface area contributed by atoms with E-state index in [1.165, 1.54) is 19.3 Å². The van der Waals surface area contributed by atoms with E-state index in [2.05, 4.69) is 26.1 Å². The van der Waals surface area contributed by atoms with Crippen LogP contribution < -0.4 is 5.32 Å². The van der Waals surface area contributed by atoms with Crippen molar-refractivity contribution in [1.29, 1.82) is 0 Å². The van der Waals surface area contributed by atoms with Gasteiger partial charge in [0.05, 0.1) is 5.75 Å². The highest BCUT2D eigenvalue weighted by atomic mass is 32.2. The van der Waals surface area contributed by atoms with E-state index in [1.807, 2.05) is 0 Å². The monoisotopic (exact) mass is 263 g/mol. The van der Waals surface area contributed by atoms with E-state index in [-0.39, 0.29) is 16.7 Å². The number of hydrogen-bond donors (Lipinski definition) is 2. The predicted molar refractivity (Wildman–Crippen MR) is 69.7 cm³/mol. The average molecular weight is 263 g/mol. The van der Waals surface area contributed by atoms with Gasteiger partial charge in [0.15, 0.2) is 0 Å². The minimum atomic E-state index is -3.82. The first-order valence-electron chi connectivity index (χ1n) is 6.37. The van der Waals surface area contributed by atoms with Crippen LogP contribution in [0.1, 0.15) is 52.9 Å². The molecular formula is C12H25NO3S. The maximum Gasteiger partial charge on any atom is 0.264 e. The standard InChI is InChI=1S/C12H25NO3S/c1-11(2)7-4-5-8-12(11,3)13-9-6-10-17(14,15)16/h13H,4-10H2,1-3H3,(H,14,15,16). The molecule has 1 atom stereocenters. The SMILES string of the molecule is CC1(C)CCCCC1(C)NCCCS(=O)(=O)O. The minimum Gasteiger partial charge on any atom is -0.311 e. The highest BCUT2D eigenvalue weighted by molar-refractivity contribution is 7.85. The number of hydrogen-bond acceptors (Lipinski definition) is 3. The molecular weight excluding hydrogens is 238 g/mol. The molecule has 0 spiro atoms. The first kappa shape index (κ1) is 14.9. The predicted octanol–water partition coefficient (Wildman–Crippen LogP) is 2.21. The van der Waals surface area contributed by atoms with Gasteiger partial charge in [-0.1, -0.05) is 26.7 Å². The number of rotatable bonds is 5. The van der Waals surface area contributed by atoms with Gasteiger partial charge in [-0.25, -0.2) is 0 Å². The number of nitrogens with one attached hydrogen (secondary N) is 1. The van der Waals surface area contributed by atoms with Gasteiger partial charge in [0.25, 0.3) is 10.1 Å². The van der Waals surface area contributed by atoms with Gasteiger partial charge in [-0.05, 0) is 38.1 Å². The summed E-state index contributed by atoms with van der Waals surface area (Å²) in [5, 5.41) is 3.49. The van der Waals surface area contributed by atoms with Gasteiger partial charge >= 0.3 is 0 Å². The Hall–Kier alpha value is -0.130. The molecule has 0 saturated heterocycles. The zero-order chi connectivity index (χ0) is 13.2. The van der Waals surface area contributed by atoms with Crippen LogP contribution >= 0.6 is 0 Å². The van der Waals surface area contributed by atoms with Crippen LogP contribution in [0.15, 0.2) is 0 Å². The molecule has 1 rings (SSSR count). The highest BCUT2D eigenvalue weighted by Crippen LogP contribution is 2.43. The third kappa shape index (κ3) is 4.23. The van der Waals surface area contributed by atoms with E-state index in [4.69, 9.17) is 4.55 Å². The molecule has 0 radical (unpaired) electrons. The Bertz CT molecular complexity index is 351. The van der Waals surface area contributed by atoms with Crippen molar-refractivity contribution in [2.75, 3.05) is 12.3 Å². The lowest BCUT2D eigenvalue weighted by Gasteiger charge is -2.49. The van der Waals surface area contributed by atoms with Crippen LogP contribution in [0.5, 0.6) is 0 Å². The van der Waals surface area contributed by atoms with Crippen molar-refractivity contribution >= 4 is 10.1 Å². The van der Waals surface area contributed by atoms with Crippen LogP contribution in [-0.4, -0.2) is 30.8 Å². The summed E-state index contributed by atoms with van der Waals surface area (Å²) >= 11 is 0. The van der Waals surface area contributed by atoms with E-state index >= 15 is 0 Å². The van der Waals surface area contributed by atoms with E-state index < -0.39 is 10.1 Å². The van der Waals surface area contributed by atoms with Gasteiger partial charge in [-0.15, -0.1) is 0 Å². The molecule has 5 heteroatoms. The molecule has 0 amide bonds. The molecule has 0 aliphatic heterocycles. The lowest BCUT2D eigenvalue weighted by atomic mass is 9.64. The molecule has 4 nitrogen and oxygen atoms in total. The summed E-state index contributed by atoms with van der Waals surface area (Å²) in [4.78, 5) is 0. The van der Waals surface area contributed by atoms with Crippen LogP contribution in [-0.2, 0) is 10.1 Å². The van der Waals surface area contributed by atoms with Crippen molar-refractivity contribution in [3.05, 3.63) is 0 Å². The molecule has 0 aromatic rings. The Kier molecular flexibility index (Phi) is 4.60. The first-order valence-corrected chi connectivity index (χ1v) is 7.97. The summed E-state index contributed by atoms with van der Waals surface area (Å²) < 4.78 is 29.9. The fraction of sp³-hybridized carbons (Fsp3) is 1.00. The summed E-state index contributed by atoms with van der Waals surface area (Å²) in [5.41, 5.74) is 0.313. The summed E-state index contributed by atoms with van der Waals surface area (Å²) in [6.07, 6.45) is 5.30. The molecule has 0 heterocycles. The highest BCUT2D eigenvalue weighted by Gasteiger charge is 2.41. The van der Waals surface area contributed by atoms with Crippen LogP contribution in [0.3, 0.4) is 0 Å².